The predicted molar refractivity (Wildman–Crippen MR) is 60.5 cm³/mol. The zero-order chi connectivity index (χ0) is 13.9. The molecule has 0 radical (unpaired) electrons. The zero-order valence-electron chi connectivity index (χ0n) is 10.1. The van der Waals surface area contributed by atoms with E-state index in [1.54, 1.807) is 4.90 Å². The Morgan fingerprint density at radius 3 is 2.63 bits per heavy atom. The van der Waals surface area contributed by atoms with Crippen molar-refractivity contribution in [3.8, 4) is 5.88 Å². The monoisotopic (exact) mass is 274 g/mol. The molecule has 0 bridgehead atoms. The topological polar surface area (TPSA) is 42.4 Å². The number of hydrogen-bond acceptors (Lipinski definition) is 3. The number of pyridine rings is 1. The van der Waals surface area contributed by atoms with Crippen LogP contribution in [0.15, 0.2) is 18.3 Å². The third-order valence-corrected chi connectivity index (χ3v) is 2.98. The van der Waals surface area contributed by atoms with Crippen LogP contribution in [0.3, 0.4) is 0 Å². The molecule has 1 aromatic rings. The second-order valence-corrected chi connectivity index (χ2v) is 4.31. The van der Waals surface area contributed by atoms with Gasteiger partial charge in [0, 0.05) is 32.1 Å². The number of alkyl halides is 3. The van der Waals surface area contributed by atoms with Crippen molar-refractivity contribution in [2.24, 2.45) is 0 Å². The van der Waals surface area contributed by atoms with Gasteiger partial charge >= 0.3 is 6.18 Å². The van der Waals surface area contributed by atoms with Gasteiger partial charge in [0.2, 0.25) is 12.3 Å². The van der Waals surface area contributed by atoms with Crippen LogP contribution in [0.1, 0.15) is 18.4 Å². The van der Waals surface area contributed by atoms with Crippen LogP contribution in [-0.4, -0.2) is 35.5 Å². The minimum Gasteiger partial charge on any atom is -0.474 e. The number of hydrogen-bond donors (Lipinski definition) is 0. The maximum Gasteiger partial charge on any atom is 0.421 e. The molecule has 2 heterocycles. The summed E-state index contributed by atoms with van der Waals surface area (Å²) in [5.41, 5.74) is -0.868. The maximum absolute atomic E-state index is 12.7. The molecule has 1 aliphatic rings. The van der Waals surface area contributed by atoms with E-state index in [0.717, 1.165) is 12.5 Å². The number of nitrogens with zero attached hydrogens (tertiary/aromatic N) is 2. The number of aromatic nitrogens is 1. The Morgan fingerprint density at radius 2 is 2.05 bits per heavy atom. The first-order valence-electron chi connectivity index (χ1n) is 5.89. The van der Waals surface area contributed by atoms with Gasteiger partial charge < -0.3 is 9.64 Å². The standard InChI is InChI=1S/C12H13F3N2O2/c13-12(14,15)10-2-1-5-16-11(10)19-9-3-6-17(8-18)7-4-9/h1-2,5,8-9H,3-4,6-7H2. The Hall–Kier alpha value is -1.79. The molecule has 1 aromatic heterocycles. The van der Waals surface area contributed by atoms with Gasteiger partial charge in [-0.2, -0.15) is 13.2 Å². The molecule has 1 amide bonds. The van der Waals surface area contributed by atoms with Crippen molar-refractivity contribution in [2.75, 3.05) is 13.1 Å². The summed E-state index contributed by atoms with van der Waals surface area (Å²) in [6, 6.07) is 2.17. The second-order valence-electron chi connectivity index (χ2n) is 4.31. The molecule has 0 spiro atoms. The molecule has 7 heteroatoms. The molecule has 0 aliphatic carbocycles. The van der Waals surface area contributed by atoms with Crippen molar-refractivity contribution in [3.05, 3.63) is 23.9 Å². The zero-order valence-corrected chi connectivity index (χ0v) is 10.1. The van der Waals surface area contributed by atoms with Gasteiger partial charge in [0.05, 0.1) is 0 Å². The van der Waals surface area contributed by atoms with E-state index in [1.807, 2.05) is 0 Å². The molecule has 19 heavy (non-hydrogen) atoms. The van der Waals surface area contributed by atoms with E-state index >= 15 is 0 Å². The predicted octanol–water partition coefficient (Wildman–Crippen LogP) is 2.10. The van der Waals surface area contributed by atoms with E-state index in [0.29, 0.717) is 25.9 Å². The molecule has 4 nitrogen and oxygen atoms in total. The van der Waals surface area contributed by atoms with Crippen molar-refractivity contribution in [1.82, 2.24) is 9.88 Å². The molecule has 1 aliphatic heterocycles. The number of rotatable bonds is 3. The van der Waals surface area contributed by atoms with Gasteiger partial charge in [-0.3, -0.25) is 4.79 Å². The van der Waals surface area contributed by atoms with Crippen LogP contribution in [0.4, 0.5) is 13.2 Å². The lowest BCUT2D eigenvalue weighted by Crippen LogP contribution is -2.37. The second kappa shape index (κ2) is 5.46. The van der Waals surface area contributed by atoms with E-state index in [-0.39, 0.29) is 12.0 Å². The van der Waals surface area contributed by atoms with Crippen LogP contribution in [0, 0.1) is 0 Å². The minimum absolute atomic E-state index is 0.341. The molecule has 0 saturated carbocycles. The van der Waals surface area contributed by atoms with Crippen LogP contribution >= 0.6 is 0 Å². The summed E-state index contributed by atoms with van der Waals surface area (Å²) in [7, 11) is 0. The lowest BCUT2D eigenvalue weighted by molar-refractivity contribution is -0.139. The van der Waals surface area contributed by atoms with Crippen LogP contribution in [-0.2, 0) is 11.0 Å². The van der Waals surface area contributed by atoms with Crippen molar-refractivity contribution in [3.63, 3.8) is 0 Å². The first-order chi connectivity index (χ1) is 9.00. The lowest BCUT2D eigenvalue weighted by Gasteiger charge is -2.29. The van der Waals surface area contributed by atoms with Gasteiger partial charge in [0.1, 0.15) is 11.7 Å². The fraction of sp³-hybridized carbons (Fsp3) is 0.500. The number of likely N-dealkylation sites (tertiary alicyclic amines) is 1. The SMILES string of the molecule is O=CN1CCC(Oc2ncccc2C(F)(F)F)CC1. The minimum atomic E-state index is -4.48. The largest absolute Gasteiger partial charge is 0.474 e. The normalized spacial score (nSPS) is 17.3. The summed E-state index contributed by atoms with van der Waals surface area (Å²) in [5.74, 6) is -0.389. The average Bonchev–Trinajstić information content (AvgIpc) is 2.39. The maximum atomic E-state index is 12.7. The lowest BCUT2D eigenvalue weighted by atomic mass is 10.1. The molecule has 1 saturated heterocycles. The van der Waals surface area contributed by atoms with E-state index in [9.17, 15) is 18.0 Å². The molecule has 0 unspecified atom stereocenters. The van der Waals surface area contributed by atoms with Gasteiger partial charge in [0.15, 0.2) is 0 Å². The molecule has 104 valence electrons. The van der Waals surface area contributed by atoms with E-state index in [1.165, 1.54) is 12.3 Å². The highest BCUT2D eigenvalue weighted by atomic mass is 19.4. The summed E-state index contributed by atoms with van der Waals surface area (Å²) >= 11 is 0. The van der Waals surface area contributed by atoms with Crippen LogP contribution in [0.2, 0.25) is 0 Å². The van der Waals surface area contributed by atoms with Gasteiger partial charge in [-0.1, -0.05) is 0 Å². The van der Waals surface area contributed by atoms with Gasteiger partial charge in [0.25, 0.3) is 0 Å². The van der Waals surface area contributed by atoms with Gasteiger partial charge in [-0.25, -0.2) is 4.98 Å². The third kappa shape index (κ3) is 3.36. The number of ether oxygens (including phenoxy) is 1. The average molecular weight is 274 g/mol. The van der Waals surface area contributed by atoms with E-state index in [4.69, 9.17) is 4.74 Å². The van der Waals surface area contributed by atoms with E-state index in [2.05, 4.69) is 4.98 Å². The van der Waals surface area contributed by atoms with Crippen molar-refractivity contribution >= 4 is 6.41 Å². The van der Waals surface area contributed by atoms with Gasteiger partial charge in [-0.05, 0) is 12.1 Å². The van der Waals surface area contributed by atoms with E-state index < -0.39 is 11.7 Å². The highest BCUT2D eigenvalue weighted by molar-refractivity contribution is 5.47. The summed E-state index contributed by atoms with van der Waals surface area (Å²) in [4.78, 5) is 15.8. The van der Waals surface area contributed by atoms with Gasteiger partial charge in [-0.15, -0.1) is 0 Å². The van der Waals surface area contributed by atoms with Crippen LogP contribution < -0.4 is 4.74 Å². The third-order valence-electron chi connectivity index (χ3n) is 2.98. The fourth-order valence-corrected chi connectivity index (χ4v) is 1.96. The van der Waals surface area contributed by atoms with Crippen molar-refractivity contribution in [1.29, 1.82) is 0 Å². The summed E-state index contributed by atoms with van der Waals surface area (Å²) in [5, 5.41) is 0. The molecule has 0 atom stereocenters. The smallest absolute Gasteiger partial charge is 0.421 e. The Labute approximate surface area is 108 Å². The van der Waals surface area contributed by atoms with Crippen molar-refractivity contribution in [2.45, 2.75) is 25.1 Å². The Kier molecular flexibility index (Phi) is 3.92. The van der Waals surface area contributed by atoms with Crippen LogP contribution in [0.25, 0.3) is 0 Å². The Bertz CT molecular complexity index is 443. The molecule has 1 fully saturated rings. The molecular weight excluding hydrogens is 261 g/mol. The molecule has 2 rings (SSSR count). The first-order valence-corrected chi connectivity index (χ1v) is 5.89. The number of halogens is 3. The van der Waals surface area contributed by atoms with Crippen LogP contribution in [0.5, 0.6) is 5.88 Å². The molecule has 0 aromatic carbocycles. The Morgan fingerprint density at radius 1 is 1.37 bits per heavy atom. The molecular formula is C12H13F3N2O2. The number of carbonyl (C=O) groups excluding carboxylic acids is 1. The molecule has 0 N–H and O–H groups in total. The summed E-state index contributed by atoms with van der Waals surface area (Å²) in [6.45, 7) is 0.977. The number of amides is 1. The quantitative estimate of drug-likeness (QED) is 0.793. The number of carbonyl (C=O) groups is 1. The highest BCUT2D eigenvalue weighted by Gasteiger charge is 2.36. The summed E-state index contributed by atoms with van der Waals surface area (Å²) in [6.07, 6.45) is -1.80. The summed E-state index contributed by atoms with van der Waals surface area (Å²) < 4.78 is 43.6. The fourth-order valence-electron chi connectivity index (χ4n) is 1.96. The highest BCUT2D eigenvalue weighted by Crippen LogP contribution is 2.35. The number of piperidine rings is 1. The van der Waals surface area contributed by atoms with Crippen molar-refractivity contribution < 1.29 is 22.7 Å². The first kappa shape index (κ1) is 13.6. The Balaban J connectivity index is 2.06.